The zero-order chi connectivity index (χ0) is 24.4. The van der Waals surface area contributed by atoms with Gasteiger partial charge in [0.15, 0.2) is 0 Å². The number of hydrogen-bond acceptors (Lipinski definition) is 6. The van der Waals surface area contributed by atoms with Gasteiger partial charge in [-0.05, 0) is 36.0 Å². The number of amides is 3. The number of hydrogen-bond donors (Lipinski definition) is 3. The SMILES string of the molecule is NCC1(NCc2cccc3c2C(=O)N(C2CCC(=O)NC2=O)C3)CCN(Cc2ccccc2)CC1. The topological polar surface area (TPSA) is 108 Å². The van der Waals surface area contributed by atoms with Gasteiger partial charge in [-0.1, -0.05) is 48.5 Å². The van der Waals surface area contributed by atoms with Crippen molar-refractivity contribution in [1.82, 2.24) is 20.4 Å². The van der Waals surface area contributed by atoms with E-state index in [4.69, 9.17) is 5.73 Å². The van der Waals surface area contributed by atoms with Gasteiger partial charge in [0.25, 0.3) is 5.91 Å². The first-order valence-electron chi connectivity index (χ1n) is 12.4. The van der Waals surface area contributed by atoms with E-state index in [-0.39, 0.29) is 29.7 Å². The molecule has 184 valence electrons. The van der Waals surface area contributed by atoms with Crippen molar-refractivity contribution in [3.8, 4) is 0 Å². The van der Waals surface area contributed by atoms with Crippen LogP contribution in [-0.4, -0.2) is 58.7 Å². The molecule has 3 aliphatic heterocycles. The van der Waals surface area contributed by atoms with Crippen molar-refractivity contribution in [1.29, 1.82) is 0 Å². The van der Waals surface area contributed by atoms with Crippen molar-refractivity contribution < 1.29 is 14.4 Å². The first kappa shape index (κ1) is 23.7. The van der Waals surface area contributed by atoms with Crippen molar-refractivity contribution in [2.75, 3.05) is 19.6 Å². The van der Waals surface area contributed by atoms with Crippen LogP contribution in [0.4, 0.5) is 0 Å². The van der Waals surface area contributed by atoms with E-state index >= 15 is 0 Å². The summed E-state index contributed by atoms with van der Waals surface area (Å²) in [5.41, 5.74) is 9.95. The molecule has 2 aromatic rings. The molecule has 1 atom stereocenters. The lowest BCUT2D eigenvalue weighted by molar-refractivity contribution is -0.136. The van der Waals surface area contributed by atoms with Crippen LogP contribution >= 0.6 is 0 Å². The summed E-state index contributed by atoms with van der Waals surface area (Å²) in [4.78, 5) is 41.3. The first-order valence-corrected chi connectivity index (χ1v) is 12.4. The van der Waals surface area contributed by atoms with E-state index in [2.05, 4.69) is 39.8 Å². The number of carbonyl (C=O) groups is 3. The molecule has 0 radical (unpaired) electrons. The van der Waals surface area contributed by atoms with Crippen LogP contribution in [0.15, 0.2) is 48.5 Å². The molecule has 5 rings (SSSR count). The Labute approximate surface area is 205 Å². The summed E-state index contributed by atoms with van der Waals surface area (Å²) < 4.78 is 0. The molecule has 0 saturated carbocycles. The predicted octanol–water partition coefficient (Wildman–Crippen LogP) is 1.53. The van der Waals surface area contributed by atoms with Gasteiger partial charge in [-0.15, -0.1) is 0 Å². The maximum atomic E-state index is 13.4. The van der Waals surface area contributed by atoms with Gasteiger partial charge in [-0.25, -0.2) is 0 Å². The summed E-state index contributed by atoms with van der Waals surface area (Å²) in [6.07, 6.45) is 2.52. The van der Waals surface area contributed by atoms with Crippen LogP contribution in [0.1, 0.15) is 52.7 Å². The van der Waals surface area contributed by atoms with E-state index in [1.54, 1.807) is 4.90 Å². The molecular weight excluding hydrogens is 442 g/mol. The quantitative estimate of drug-likeness (QED) is 0.525. The van der Waals surface area contributed by atoms with Gasteiger partial charge in [0.2, 0.25) is 11.8 Å². The largest absolute Gasteiger partial charge is 0.329 e. The van der Waals surface area contributed by atoms with E-state index in [1.165, 1.54) is 5.56 Å². The summed E-state index contributed by atoms with van der Waals surface area (Å²) >= 11 is 0. The summed E-state index contributed by atoms with van der Waals surface area (Å²) in [6, 6.07) is 15.8. The highest BCUT2D eigenvalue weighted by Crippen LogP contribution is 2.31. The lowest BCUT2D eigenvalue weighted by Crippen LogP contribution is -2.57. The summed E-state index contributed by atoms with van der Waals surface area (Å²) in [7, 11) is 0. The molecule has 0 aromatic heterocycles. The molecule has 4 N–H and O–H groups in total. The predicted molar refractivity (Wildman–Crippen MR) is 132 cm³/mol. The number of rotatable bonds is 7. The second kappa shape index (κ2) is 9.89. The number of imide groups is 1. The Morgan fingerprint density at radius 2 is 1.80 bits per heavy atom. The van der Waals surface area contributed by atoms with Crippen LogP contribution in [0.25, 0.3) is 0 Å². The number of nitrogens with one attached hydrogen (secondary N) is 2. The number of nitrogens with two attached hydrogens (primary N) is 1. The van der Waals surface area contributed by atoms with Crippen molar-refractivity contribution in [3.05, 3.63) is 70.8 Å². The molecule has 3 aliphatic rings. The maximum Gasteiger partial charge on any atom is 0.255 e. The van der Waals surface area contributed by atoms with Crippen LogP contribution < -0.4 is 16.4 Å². The average Bonchev–Trinajstić information content (AvgIpc) is 3.21. The zero-order valence-corrected chi connectivity index (χ0v) is 20.0. The summed E-state index contributed by atoms with van der Waals surface area (Å²) in [6.45, 7) is 4.36. The molecule has 3 heterocycles. The number of piperidine rings is 2. The standard InChI is InChI=1S/C27H33N5O3/c28-18-27(11-13-31(14-12-27)16-19-5-2-1-3-6-19)29-15-20-7-4-8-21-17-32(26(35)24(20)21)22-9-10-23(33)30-25(22)34/h1-8,22,29H,9-18,28H2,(H,30,33,34). The lowest BCUT2D eigenvalue weighted by Gasteiger charge is -2.42. The fourth-order valence-corrected chi connectivity index (χ4v) is 5.55. The molecule has 35 heavy (non-hydrogen) atoms. The Kier molecular flexibility index (Phi) is 6.69. The molecule has 0 spiro atoms. The van der Waals surface area contributed by atoms with Crippen LogP contribution in [0.5, 0.6) is 0 Å². The van der Waals surface area contributed by atoms with Crippen molar-refractivity contribution in [3.63, 3.8) is 0 Å². The van der Waals surface area contributed by atoms with E-state index in [0.717, 1.165) is 43.6 Å². The van der Waals surface area contributed by atoms with Gasteiger partial charge in [-0.3, -0.25) is 24.6 Å². The normalized spacial score (nSPS) is 22.3. The lowest BCUT2D eigenvalue weighted by atomic mass is 9.86. The number of carbonyl (C=O) groups excluding carboxylic acids is 3. The minimum absolute atomic E-state index is 0.133. The Hall–Kier alpha value is -3.07. The second-order valence-corrected chi connectivity index (χ2v) is 9.95. The third kappa shape index (κ3) is 4.87. The fraction of sp³-hybridized carbons (Fsp3) is 0.444. The van der Waals surface area contributed by atoms with Gasteiger partial charge in [0, 0.05) is 56.8 Å². The van der Waals surface area contributed by atoms with E-state index in [0.29, 0.717) is 31.6 Å². The molecule has 0 bridgehead atoms. The van der Waals surface area contributed by atoms with Gasteiger partial charge in [-0.2, -0.15) is 0 Å². The molecule has 1 unspecified atom stereocenters. The highest BCUT2D eigenvalue weighted by molar-refractivity contribution is 6.06. The van der Waals surface area contributed by atoms with E-state index < -0.39 is 6.04 Å². The van der Waals surface area contributed by atoms with Gasteiger partial charge >= 0.3 is 0 Å². The Bertz CT molecular complexity index is 1110. The molecule has 0 aliphatic carbocycles. The molecule has 8 heteroatoms. The van der Waals surface area contributed by atoms with Crippen LogP contribution in [0.3, 0.4) is 0 Å². The Balaban J connectivity index is 1.23. The third-order valence-corrected chi connectivity index (χ3v) is 7.75. The highest BCUT2D eigenvalue weighted by atomic mass is 16.2. The number of fused-ring (bicyclic) bond motifs is 1. The third-order valence-electron chi connectivity index (χ3n) is 7.75. The minimum Gasteiger partial charge on any atom is -0.329 e. The van der Waals surface area contributed by atoms with Gasteiger partial charge in [0.1, 0.15) is 6.04 Å². The first-order chi connectivity index (χ1) is 17.0. The van der Waals surface area contributed by atoms with Crippen LogP contribution in [0.2, 0.25) is 0 Å². The van der Waals surface area contributed by atoms with Crippen molar-refractivity contribution in [2.45, 2.75) is 56.9 Å². The number of nitrogens with zero attached hydrogens (tertiary/aromatic N) is 2. The minimum atomic E-state index is -0.599. The van der Waals surface area contributed by atoms with E-state index in [1.807, 2.05) is 24.3 Å². The van der Waals surface area contributed by atoms with E-state index in [9.17, 15) is 14.4 Å². The van der Waals surface area contributed by atoms with Gasteiger partial charge < -0.3 is 16.0 Å². The average molecular weight is 476 g/mol. The molecule has 3 amide bonds. The molecule has 2 saturated heterocycles. The van der Waals surface area contributed by atoms with Crippen LogP contribution in [-0.2, 0) is 29.2 Å². The summed E-state index contributed by atoms with van der Waals surface area (Å²) in [5.74, 6) is -0.792. The van der Waals surface area contributed by atoms with Crippen molar-refractivity contribution in [2.24, 2.45) is 5.73 Å². The highest BCUT2D eigenvalue weighted by Gasteiger charge is 2.40. The van der Waals surface area contributed by atoms with Crippen LogP contribution in [0, 0.1) is 0 Å². The molecule has 8 nitrogen and oxygen atoms in total. The number of likely N-dealkylation sites (tertiary alicyclic amines) is 1. The molecule has 2 aromatic carbocycles. The Morgan fingerprint density at radius 1 is 1.03 bits per heavy atom. The smallest absolute Gasteiger partial charge is 0.255 e. The Morgan fingerprint density at radius 3 is 2.51 bits per heavy atom. The van der Waals surface area contributed by atoms with Crippen molar-refractivity contribution >= 4 is 17.7 Å². The fourth-order valence-electron chi connectivity index (χ4n) is 5.55. The molecule has 2 fully saturated rings. The second-order valence-electron chi connectivity index (χ2n) is 9.95. The zero-order valence-electron chi connectivity index (χ0n) is 20.0. The number of benzene rings is 2. The molecular formula is C27H33N5O3. The maximum absolute atomic E-state index is 13.4. The summed E-state index contributed by atoms with van der Waals surface area (Å²) in [5, 5.41) is 6.06. The monoisotopic (exact) mass is 475 g/mol. The van der Waals surface area contributed by atoms with Gasteiger partial charge in [0.05, 0.1) is 0 Å².